The summed E-state index contributed by atoms with van der Waals surface area (Å²) in [4.78, 5) is 14.1. The fourth-order valence-corrected chi connectivity index (χ4v) is 2.37. The van der Waals surface area contributed by atoms with E-state index in [4.69, 9.17) is 5.11 Å². The Morgan fingerprint density at radius 2 is 2.12 bits per heavy atom. The minimum absolute atomic E-state index is 0.319. The molecule has 0 spiro atoms. The van der Waals surface area contributed by atoms with E-state index >= 15 is 0 Å². The summed E-state index contributed by atoms with van der Waals surface area (Å²) < 4.78 is 28.0. The van der Waals surface area contributed by atoms with Gasteiger partial charge in [-0.25, -0.2) is 4.98 Å². The molecule has 3 nitrogen and oxygen atoms in total. The quantitative estimate of drug-likeness (QED) is 0.914. The summed E-state index contributed by atoms with van der Waals surface area (Å²) in [6.45, 7) is 0. The summed E-state index contributed by atoms with van der Waals surface area (Å²) in [6, 6.07) is 6.84. The van der Waals surface area contributed by atoms with Crippen molar-refractivity contribution in [2.45, 2.75) is 18.8 Å². The maximum Gasteiger partial charge on any atom is 0.303 e. The van der Waals surface area contributed by atoms with Crippen molar-refractivity contribution in [3.05, 3.63) is 29.3 Å². The van der Waals surface area contributed by atoms with Crippen LogP contribution in [-0.4, -0.2) is 16.1 Å². The number of nitrogens with zero attached hydrogens (tertiary/aromatic N) is 1. The molecular formula is C11H9F2NO2S. The Balaban J connectivity index is 2.28. The Kier molecular flexibility index (Phi) is 3.06. The van der Waals surface area contributed by atoms with Gasteiger partial charge in [-0.1, -0.05) is 12.1 Å². The Labute approximate surface area is 99.7 Å². The van der Waals surface area contributed by atoms with Gasteiger partial charge in [0.15, 0.2) is 5.01 Å². The first-order valence-electron chi connectivity index (χ1n) is 4.95. The molecule has 0 unspecified atom stereocenters. The third kappa shape index (κ3) is 2.58. The van der Waals surface area contributed by atoms with E-state index in [1.807, 2.05) is 0 Å². The number of aromatic nitrogens is 1. The van der Waals surface area contributed by atoms with E-state index in [0.29, 0.717) is 10.2 Å². The number of hydrogen-bond donors (Lipinski definition) is 1. The van der Waals surface area contributed by atoms with Crippen molar-refractivity contribution in [2.24, 2.45) is 0 Å². The van der Waals surface area contributed by atoms with Gasteiger partial charge in [0.05, 0.1) is 16.6 Å². The van der Waals surface area contributed by atoms with Crippen molar-refractivity contribution in [3.63, 3.8) is 0 Å². The molecule has 0 aliphatic heterocycles. The van der Waals surface area contributed by atoms with Crippen LogP contribution >= 0.6 is 11.3 Å². The van der Waals surface area contributed by atoms with Crippen LogP contribution in [0.2, 0.25) is 0 Å². The highest BCUT2D eigenvalue weighted by Crippen LogP contribution is 2.37. The van der Waals surface area contributed by atoms with Crippen molar-refractivity contribution < 1.29 is 18.7 Å². The smallest absolute Gasteiger partial charge is 0.303 e. The van der Waals surface area contributed by atoms with Crippen LogP contribution in [-0.2, 0) is 10.7 Å². The molecule has 0 aliphatic carbocycles. The van der Waals surface area contributed by atoms with Crippen LogP contribution in [0.4, 0.5) is 8.78 Å². The van der Waals surface area contributed by atoms with Crippen LogP contribution in [0.15, 0.2) is 24.3 Å². The van der Waals surface area contributed by atoms with Crippen LogP contribution in [0, 0.1) is 0 Å². The number of carbonyl (C=O) groups is 1. The van der Waals surface area contributed by atoms with E-state index in [9.17, 15) is 13.6 Å². The zero-order valence-electron chi connectivity index (χ0n) is 8.69. The van der Waals surface area contributed by atoms with Gasteiger partial charge < -0.3 is 5.11 Å². The maximum absolute atomic E-state index is 13.6. The molecule has 0 radical (unpaired) electrons. The van der Waals surface area contributed by atoms with E-state index in [1.165, 1.54) is 0 Å². The first-order valence-corrected chi connectivity index (χ1v) is 5.76. The largest absolute Gasteiger partial charge is 0.481 e. The van der Waals surface area contributed by atoms with Crippen molar-refractivity contribution in [3.8, 4) is 0 Å². The second-order valence-electron chi connectivity index (χ2n) is 3.58. The van der Waals surface area contributed by atoms with Crippen LogP contribution in [0.5, 0.6) is 0 Å². The number of halogens is 2. The number of thiazole rings is 1. The lowest BCUT2D eigenvalue weighted by atomic mass is 10.2. The van der Waals surface area contributed by atoms with Gasteiger partial charge in [-0.3, -0.25) is 4.79 Å². The van der Waals surface area contributed by atoms with Gasteiger partial charge in [0, 0.05) is 6.42 Å². The standard InChI is InChI=1S/C11H9F2NO2S/c12-11(13,6-5-9(15)16)10-14-7-3-1-2-4-8(7)17-10/h1-4H,5-6H2,(H,15,16). The lowest BCUT2D eigenvalue weighted by molar-refractivity contribution is -0.139. The second kappa shape index (κ2) is 4.37. The normalized spacial score (nSPS) is 11.9. The Morgan fingerprint density at radius 3 is 2.76 bits per heavy atom. The monoisotopic (exact) mass is 257 g/mol. The van der Waals surface area contributed by atoms with E-state index < -0.39 is 24.7 Å². The van der Waals surface area contributed by atoms with Crippen LogP contribution in [0.1, 0.15) is 17.8 Å². The molecule has 0 bridgehead atoms. The van der Waals surface area contributed by atoms with Gasteiger partial charge in [0.25, 0.3) is 5.92 Å². The predicted octanol–water partition coefficient (Wildman–Crippen LogP) is 3.25. The van der Waals surface area contributed by atoms with Gasteiger partial charge in [-0.2, -0.15) is 8.78 Å². The number of para-hydroxylation sites is 1. The topological polar surface area (TPSA) is 50.2 Å². The van der Waals surface area contributed by atoms with Gasteiger partial charge in [0.2, 0.25) is 0 Å². The Hall–Kier alpha value is -1.56. The van der Waals surface area contributed by atoms with E-state index in [1.54, 1.807) is 24.3 Å². The molecule has 0 saturated carbocycles. The molecule has 0 atom stereocenters. The van der Waals surface area contributed by atoms with Crippen LogP contribution in [0.25, 0.3) is 10.2 Å². The summed E-state index contributed by atoms with van der Waals surface area (Å²) in [7, 11) is 0. The molecule has 1 N–H and O–H groups in total. The molecule has 0 amide bonds. The molecule has 1 heterocycles. The maximum atomic E-state index is 13.6. The van der Waals surface area contributed by atoms with Crippen molar-refractivity contribution in [2.75, 3.05) is 0 Å². The lowest BCUT2D eigenvalue weighted by Gasteiger charge is -2.11. The first kappa shape index (κ1) is 11.9. The molecule has 2 rings (SSSR count). The van der Waals surface area contributed by atoms with Gasteiger partial charge in [0.1, 0.15) is 0 Å². The molecule has 17 heavy (non-hydrogen) atoms. The first-order chi connectivity index (χ1) is 7.99. The summed E-state index contributed by atoms with van der Waals surface area (Å²) in [5, 5.41) is 8.09. The average molecular weight is 257 g/mol. The predicted molar refractivity (Wildman–Crippen MR) is 60.4 cm³/mol. The molecule has 6 heteroatoms. The SMILES string of the molecule is O=C(O)CCC(F)(F)c1nc2ccccc2s1. The summed E-state index contributed by atoms with van der Waals surface area (Å²) in [6.07, 6.45) is -1.29. The Morgan fingerprint density at radius 1 is 1.41 bits per heavy atom. The minimum atomic E-state index is -3.18. The number of hydrogen-bond acceptors (Lipinski definition) is 3. The zero-order valence-corrected chi connectivity index (χ0v) is 9.51. The fourth-order valence-electron chi connectivity index (χ4n) is 1.40. The third-order valence-corrected chi connectivity index (χ3v) is 3.41. The second-order valence-corrected chi connectivity index (χ2v) is 4.62. The molecule has 2 aromatic rings. The highest BCUT2D eigenvalue weighted by atomic mass is 32.1. The highest BCUT2D eigenvalue weighted by Gasteiger charge is 2.35. The summed E-state index contributed by atoms with van der Waals surface area (Å²) >= 11 is 0.902. The van der Waals surface area contributed by atoms with E-state index in [-0.39, 0.29) is 5.01 Å². The number of benzene rings is 1. The van der Waals surface area contributed by atoms with Crippen molar-refractivity contribution >= 4 is 27.5 Å². The lowest BCUT2D eigenvalue weighted by Crippen LogP contribution is -2.14. The fraction of sp³-hybridized carbons (Fsp3) is 0.273. The van der Waals surface area contributed by atoms with Crippen LogP contribution in [0.3, 0.4) is 0 Å². The van der Waals surface area contributed by atoms with E-state index in [2.05, 4.69) is 4.98 Å². The number of carboxylic acids is 1. The van der Waals surface area contributed by atoms with E-state index in [0.717, 1.165) is 11.3 Å². The van der Waals surface area contributed by atoms with Crippen molar-refractivity contribution in [1.82, 2.24) is 4.98 Å². The third-order valence-electron chi connectivity index (χ3n) is 2.26. The molecule has 1 aromatic heterocycles. The number of alkyl halides is 2. The Bertz CT molecular complexity index is 520. The molecule has 1 aromatic carbocycles. The summed E-state index contributed by atoms with van der Waals surface area (Å²) in [5.74, 6) is -4.41. The number of aliphatic carboxylic acids is 1. The van der Waals surface area contributed by atoms with Crippen molar-refractivity contribution in [1.29, 1.82) is 0 Å². The van der Waals surface area contributed by atoms with Gasteiger partial charge >= 0.3 is 5.97 Å². The van der Waals surface area contributed by atoms with Crippen LogP contribution < -0.4 is 0 Å². The zero-order chi connectivity index (χ0) is 12.5. The average Bonchev–Trinajstić information content (AvgIpc) is 2.71. The molecular weight excluding hydrogens is 248 g/mol. The summed E-state index contributed by atoms with van der Waals surface area (Å²) in [5.41, 5.74) is 0.516. The molecule has 0 fully saturated rings. The number of rotatable bonds is 4. The minimum Gasteiger partial charge on any atom is -0.481 e. The molecule has 90 valence electrons. The number of fused-ring (bicyclic) bond motifs is 1. The number of carboxylic acid groups (broad SMARTS) is 1. The van der Waals surface area contributed by atoms with Gasteiger partial charge in [-0.05, 0) is 12.1 Å². The molecule has 0 aliphatic rings. The van der Waals surface area contributed by atoms with Gasteiger partial charge in [-0.15, -0.1) is 11.3 Å². The molecule has 0 saturated heterocycles. The highest BCUT2D eigenvalue weighted by molar-refractivity contribution is 7.18.